The van der Waals surface area contributed by atoms with Crippen molar-refractivity contribution in [3.05, 3.63) is 0 Å². The molecule has 0 rings (SSSR count). The second-order valence-corrected chi connectivity index (χ2v) is 2.95. The number of terminal acetylenes is 1. The largest absolute Gasteiger partial charge is 0.287 e. The van der Waals surface area contributed by atoms with E-state index in [0.717, 1.165) is 3.52 Å². The Labute approximate surface area is 146 Å². The van der Waals surface area contributed by atoms with Gasteiger partial charge in [0.2, 0.25) is 0 Å². The Kier molecular flexibility index (Phi) is 12.6. The highest BCUT2D eigenvalue weighted by Gasteiger charge is 1.58. The summed E-state index contributed by atoms with van der Waals surface area (Å²) in [5.74, 6) is 43.8. The number of rotatable bonds is 0. The van der Waals surface area contributed by atoms with Crippen LogP contribution in [0, 0.1) is 119 Å². The van der Waals surface area contributed by atoms with E-state index < -0.39 is 0 Å². The summed E-state index contributed by atoms with van der Waals surface area (Å²) >= 11 is 1.69. The topological polar surface area (TPSA) is 12.0 Å². The van der Waals surface area contributed by atoms with Gasteiger partial charge in [-0.3, -0.25) is 3.52 Å². The van der Waals surface area contributed by atoms with E-state index in [-0.39, 0.29) is 0 Å². The first-order chi connectivity index (χ1) is 11.3. The second-order valence-electron chi connectivity index (χ2n) is 2.47. The van der Waals surface area contributed by atoms with Crippen molar-refractivity contribution in [2.75, 3.05) is 0 Å². The van der Waals surface area contributed by atoms with E-state index >= 15 is 0 Å². The molecule has 0 saturated heterocycles. The van der Waals surface area contributed by atoms with Crippen molar-refractivity contribution >= 4 is 22.9 Å². The first-order valence-corrected chi connectivity index (χ1v) is 6.15. The summed E-state index contributed by atoms with van der Waals surface area (Å²) in [4.78, 5) is 0. The maximum Gasteiger partial charge on any atom is 0.183 e. The van der Waals surface area contributed by atoms with Gasteiger partial charge in [0, 0.05) is 65.2 Å². The number of hydrogen-bond donors (Lipinski definition) is 1. The van der Waals surface area contributed by atoms with Crippen LogP contribution in [0.3, 0.4) is 0 Å². The third-order valence-electron chi connectivity index (χ3n) is 1.17. The Hall–Kier alpha value is -3.87. The van der Waals surface area contributed by atoms with Gasteiger partial charge in [0.05, 0.1) is 22.9 Å². The average Bonchev–Trinajstić information content (AvgIpc) is 2.53. The zero-order chi connectivity index (χ0) is 17.0. The third kappa shape index (κ3) is 16.1. The molecule has 0 aliphatic heterocycles. The van der Waals surface area contributed by atoms with E-state index in [0.29, 0.717) is 0 Å². The van der Waals surface area contributed by atoms with Gasteiger partial charge in [0.15, 0.2) is 1.41 Å². The molecule has 0 aliphatic carbocycles. The third-order valence-corrected chi connectivity index (χ3v) is 1.41. The van der Waals surface area contributed by atoms with Crippen LogP contribution >= 0.6 is 22.9 Å². The molecule has 0 radical (unpaired) electrons. The molecule has 0 spiro atoms. The van der Waals surface area contributed by atoms with Crippen LogP contribution in [0.2, 0.25) is 1.41 Å². The molecule has 22 heavy (non-hydrogen) atoms. The zero-order valence-corrected chi connectivity index (χ0v) is 13.1. The molecule has 0 atom stereocenters. The van der Waals surface area contributed by atoms with Crippen LogP contribution in [0.5, 0.6) is 0 Å². The molecule has 0 aromatic rings. The average molecular weight is 385 g/mol. The van der Waals surface area contributed by atoms with Crippen LogP contribution in [-0.4, -0.2) is 0 Å². The fraction of sp³-hybridized carbons (Fsp3) is 0. The highest BCUT2D eigenvalue weighted by molar-refractivity contribution is 14.1. The molecule has 0 amide bonds. The molecule has 0 aromatic carbocycles. The van der Waals surface area contributed by atoms with Crippen molar-refractivity contribution in [1.29, 1.82) is 0 Å². The second kappa shape index (κ2) is 17.1. The van der Waals surface area contributed by atoms with Crippen molar-refractivity contribution < 1.29 is 1.41 Å². The van der Waals surface area contributed by atoms with Gasteiger partial charge >= 0.3 is 0 Å². The van der Waals surface area contributed by atoms with Crippen LogP contribution in [0.15, 0.2) is 0 Å². The van der Waals surface area contributed by atoms with Gasteiger partial charge in [0.25, 0.3) is 0 Å². The Balaban J connectivity index is 4.37. The Morgan fingerprint density at radius 1 is 0.545 bits per heavy atom. The molecule has 0 heterocycles. The summed E-state index contributed by atoms with van der Waals surface area (Å²) in [6.45, 7) is 0. The molecule has 1 N–H and O–H groups in total. The van der Waals surface area contributed by atoms with Crippen molar-refractivity contribution in [2.45, 2.75) is 0 Å². The summed E-state index contributed by atoms with van der Waals surface area (Å²) in [7, 11) is 0. The van der Waals surface area contributed by atoms with Gasteiger partial charge < -0.3 is 0 Å². The van der Waals surface area contributed by atoms with E-state index in [2.05, 4.69) is 113 Å². The number of nitrogens with one attached hydrogen (secondary N) is 1. The quantitative estimate of drug-likeness (QED) is 0.278. The SMILES string of the molecule is [3H]N(I)C#CC#CC#CC#CC#CC#CC#CC#CC#CC#C. The summed E-state index contributed by atoms with van der Waals surface area (Å²) < 4.78 is 7.86. The maximum atomic E-state index is 6.94. The fourth-order valence-corrected chi connectivity index (χ4v) is 0.675. The lowest BCUT2D eigenvalue weighted by molar-refractivity contribution is 1.61. The normalized spacial score (nSPS) is 4.64. The van der Waals surface area contributed by atoms with Crippen LogP contribution in [-0.2, 0) is 0 Å². The predicted octanol–water partition coefficient (Wildman–Crippen LogP) is 0.547. The lowest BCUT2D eigenvalue weighted by atomic mass is 10.5. The highest BCUT2D eigenvalue weighted by atomic mass is 127. The number of hydrogen-bond acceptors (Lipinski definition) is 1. The molecule has 0 fully saturated rings. The van der Waals surface area contributed by atoms with Gasteiger partial charge in [-0.2, -0.15) is 0 Å². The fourth-order valence-electron chi connectivity index (χ4n) is 0.554. The summed E-state index contributed by atoms with van der Waals surface area (Å²) in [5.41, 5.74) is 0. The van der Waals surface area contributed by atoms with E-state index in [1.807, 2.05) is 0 Å². The Morgan fingerprint density at radius 3 is 1.09 bits per heavy atom. The van der Waals surface area contributed by atoms with Crippen molar-refractivity contribution in [1.82, 2.24) is 3.52 Å². The lowest BCUT2D eigenvalue weighted by Crippen LogP contribution is -1.77. The highest BCUT2D eigenvalue weighted by Crippen LogP contribution is 1.61. The first kappa shape index (κ1) is 16.2. The van der Waals surface area contributed by atoms with Crippen LogP contribution in [0.25, 0.3) is 0 Å². The minimum Gasteiger partial charge on any atom is -0.287 e. The molecule has 0 unspecified atom stereocenters. The van der Waals surface area contributed by atoms with Crippen molar-refractivity contribution in [2.24, 2.45) is 0 Å². The lowest BCUT2D eigenvalue weighted by Gasteiger charge is -1.65. The van der Waals surface area contributed by atoms with Crippen LogP contribution < -0.4 is 3.52 Å². The predicted molar refractivity (Wildman–Crippen MR) is 96.0 cm³/mol. The maximum absolute atomic E-state index is 6.94. The standard InChI is InChI=1S/C20H2IN/c1-2-3-4-5-6-7-8-9-10-11-12-13-14-15-16-17-18-19-20-22-21/h1,22H/i/hT. The van der Waals surface area contributed by atoms with Gasteiger partial charge in [-0.1, -0.05) is 0 Å². The Bertz CT molecular complexity index is 1050. The van der Waals surface area contributed by atoms with Gasteiger partial charge in [-0.25, -0.2) is 0 Å². The summed E-state index contributed by atoms with van der Waals surface area (Å²) in [5, 5.41) is 0. The molecule has 0 saturated carbocycles. The molecule has 0 aliphatic rings. The van der Waals surface area contributed by atoms with Crippen molar-refractivity contribution in [3.8, 4) is 119 Å². The molecular formula is C20H2IN. The van der Waals surface area contributed by atoms with E-state index in [1.165, 1.54) is 0 Å². The minimum absolute atomic E-state index is 0.917. The molecule has 94 valence electrons. The van der Waals surface area contributed by atoms with Crippen molar-refractivity contribution in [3.63, 3.8) is 0 Å². The van der Waals surface area contributed by atoms with Gasteiger partial charge in [-0.15, -0.1) is 6.42 Å². The van der Waals surface area contributed by atoms with Crippen LogP contribution in [0.1, 0.15) is 0 Å². The zero-order valence-electron chi connectivity index (χ0n) is 11.9. The van der Waals surface area contributed by atoms with E-state index in [4.69, 9.17) is 7.84 Å². The number of halogens is 1. The minimum atomic E-state index is 0.917. The Morgan fingerprint density at radius 2 is 0.818 bits per heavy atom. The van der Waals surface area contributed by atoms with E-state index in [9.17, 15) is 0 Å². The van der Waals surface area contributed by atoms with Gasteiger partial charge in [0.1, 0.15) is 0 Å². The molecular weight excluding hydrogens is 381 g/mol. The summed E-state index contributed by atoms with van der Waals surface area (Å²) in [6.07, 6.45) is 4.90. The molecule has 1 nitrogen and oxygen atoms in total. The van der Waals surface area contributed by atoms with Crippen LogP contribution in [0.4, 0.5) is 0 Å². The molecule has 0 aromatic heterocycles. The smallest absolute Gasteiger partial charge is 0.183 e. The molecule has 2 heteroatoms. The van der Waals surface area contributed by atoms with Gasteiger partial charge in [-0.05, 0) is 47.4 Å². The monoisotopic (exact) mass is 385 g/mol. The molecule has 0 bridgehead atoms. The first-order valence-electron chi connectivity index (χ1n) is 5.63. The van der Waals surface area contributed by atoms with E-state index in [1.54, 1.807) is 22.9 Å². The summed E-state index contributed by atoms with van der Waals surface area (Å²) in [6, 6.07) is 2.39.